The molecule has 0 saturated carbocycles. The van der Waals surface area contributed by atoms with Gasteiger partial charge in [0.2, 0.25) is 5.91 Å². The van der Waals surface area contributed by atoms with Crippen LogP contribution < -0.4 is 5.32 Å². The first-order valence-electron chi connectivity index (χ1n) is 9.61. The standard InChI is InChI=1S/C23H32N4O/c1-7-10-15-27(6)19(5)25-17-24-18(4)22(12-8-2)20-13-11-14-21(16-20)26-23(28)9-3/h9-17,19H,3,7-8H2,1-2,4-6H3,(H,26,28)/b15-10-,22-12+,24-18?,25-17?. The first-order valence-corrected chi connectivity index (χ1v) is 9.61. The predicted molar refractivity (Wildman–Crippen MR) is 122 cm³/mol. The van der Waals surface area contributed by atoms with Gasteiger partial charge in [0, 0.05) is 18.4 Å². The Morgan fingerprint density at radius 2 is 2.07 bits per heavy atom. The second-order valence-electron chi connectivity index (χ2n) is 6.37. The van der Waals surface area contributed by atoms with Gasteiger partial charge in [-0.3, -0.25) is 4.79 Å². The Hall–Kier alpha value is -2.95. The minimum atomic E-state index is -0.231. The Balaban J connectivity index is 3.00. The average Bonchev–Trinajstić information content (AvgIpc) is 2.69. The molecule has 1 N–H and O–H groups in total. The van der Waals surface area contributed by atoms with Gasteiger partial charge in [0.25, 0.3) is 0 Å². The van der Waals surface area contributed by atoms with Crippen LogP contribution in [0.4, 0.5) is 5.69 Å². The van der Waals surface area contributed by atoms with Gasteiger partial charge >= 0.3 is 0 Å². The monoisotopic (exact) mass is 380 g/mol. The molecule has 1 aromatic rings. The zero-order chi connectivity index (χ0) is 20.9. The largest absolute Gasteiger partial charge is 0.360 e. The normalized spacial score (nSPS) is 13.8. The molecule has 0 fully saturated rings. The lowest BCUT2D eigenvalue weighted by atomic mass is 10.00. The van der Waals surface area contributed by atoms with Crippen LogP contribution in [0.2, 0.25) is 0 Å². The van der Waals surface area contributed by atoms with Gasteiger partial charge in [-0.15, -0.1) is 0 Å². The zero-order valence-electron chi connectivity index (χ0n) is 17.6. The van der Waals surface area contributed by atoms with Gasteiger partial charge < -0.3 is 10.2 Å². The first kappa shape index (κ1) is 23.1. The molecule has 0 bridgehead atoms. The lowest BCUT2D eigenvalue weighted by molar-refractivity contribution is -0.111. The summed E-state index contributed by atoms with van der Waals surface area (Å²) in [5, 5.41) is 2.79. The highest BCUT2D eigenvalue weighted by molar-refractivity contribution is 6.24. The second-order valence-corrected chi connectivity index (χ2v) is 6.37. The van der Waals surface area contributed by atoms with Crippen LogP contribution in [0.25, 0.3) is 5.57 Å². The van der Waals surface area contributed by atoms with Crippen LogP contribution in [-0.4, -0.2) is 36.1 Å². The van der Waals surface area contributed by atoms with Crippen molar-refractivity contribution in [1.82, 2.24) is 4.90 Å². The van der Waals surface area contributed by atoms with E-state index in [1.807, 2.05) is 56.3 Å². The topological polar surface area (TPSA) is 57.1 Å². The molecule has 1 amide bonds. The van der Waals surface area contributed by atoms with Crippen molar-refractivity contribution < 1.29 is 4.79 Å². The summed E-state index contributed by atoms with van der Waals surface area (Å²) in [6, 6.07) is 7.71. The number of nitrogens with zero attached hydrogens (tertiary/aromatic N) is 3. The number of carbonyl (C=O) groups is 1. The van der Waals surface area contributed by atoms with Crippen molar-refractivity contribution in [2.24, 2.45) is 9.98 Å². The molecule has 0 aliphatic heterocycles. The first-order chi connectivity index (χ1) is 13.4. The van der Waals surface area contributed by atoms with Crippen LogP contribution in [0, 0.1) is 0 Å². The molecule has 0 aliphatic carbocycles. The van der Waals surface area contributed by atoms with E-state index >= 15 is 0 Å². The molecule has 5 heteroatoms. The van der Waals surface area contributed by atoms with Crippen molar-refractivity contribution in [3.05, 3.63) is 60.8 Å². The van der Waals surface area contributed by atoms with Crippen LogP contribution in [0.5, 0.6) is 0 Å². The minimum absolute atomic E-state index is 0.00963. The Labute approximate surface area is 169 Å². The fourth-order valence-electron chi connectivity index (χ4n) is 2.42. The molecule has 1 unspecified atom stereocenters. The highest BCUT2D eigenvalue weighted by Crippen LogP contribution is 2.21. The number of benzene rings is 1. The third kappa shape index (κ3) is 7.74. The van der Waals surface area contributed by atoms with Crippen LogP contribution in [-0.2, 0) is 4.79 Å². The Kier molecular flexibility index (Phi) is 10.3. The molecule has 0 heterocycles. The van der Waals surface area contributed by atoms with Gasteiger partial charge in [0.05, 0.1) is 0 Å². The molecule has 0 aliphatic rings. The molecule has 1 rings (SSSR count). The quantitative estimate of drug-likeness (QED) is 0.340. The van der Waals surface area contributed by atoms with Crippen molar-refractivity contribution in [1.29, 1.82) is 0 Å². The number of amides is 1. The van der Waals surface area contributed by atoms with E-state index in [1.54, 1.807) is 6.34 Å². The van der Waals surface area contributed by atoms with Gasteiger partial charge in [-0.2, -0.15) is 0 Å². The summed E-state index contributed by atoms with van der Waals surface area (Å²) < 4.78 is 0. The molecule has 150 valence electrons. The van der Waals surface area contributed by atoms with Crippen molar-refractivity contribution in [2.45, 2.75) is 46.7 Å². The number of nitrogens with one attached hydrogen (secondary N) is 1. The van der Waals surface area contributed by atoms with Crippen LogP contribution in [0.15, 0.2) is 65.3 Å². The molecular weight excluding hydrogens is 348 g/mol. The van der Waals surface area contributed by atoms with Gasteiger partial charge in [-0.25, -0.2) is 9.98 Å². The van der Waals surface area contributed by atoms with Crippen molar-refractivity contribution in [3.63, 3.8) is 0 Å². The summed E-state index contributed by atoms with van der Waals surface area (Å²) in [5.41, 5.74) is 3.62. The molecule has 5 nitrogen and oxygen atoms in total. The number of carbonyl (C=O) groups excluding carboxylic acids is 1. The number of hydrogen-bond acceptors (Lipinski definition) is 3. The fourth-order valence-corrected chi connectivity index (χ4v) is 2.42. The van der Waals surface area contributed by atoms with E-state index in [9.17, 15) is 4.79 Å². The maximum Gasteiger partial charge on any atom is 0.247 e. The van der Waals surface area contributed by atoms with E-state index in [1.165, 1.54) is 6.08 Å². The number of anilines is 1. The molecule has 0 radical (unpaired) electrons. The lowest BCUT2D eigenvalue weighted by Gasteiger charge is -2.18. The number of aliphatic imine (C=N–C) groups is 2. The highest BCUT2D eigenvalue weighted by Gasteiger charge is 2.07. The Morgan fingerprint density at radius 1 is 1.32 bits per heavy atom. The van der Waals surface area contributed by atoms with E-state index in [4.69, 9.17) is 0 Å². The molecule has 0 spiro atoms. The van der Waals surface area contributed by atoms with Crippen LogP contribution in [0.3, 0.4) is 0 Å². The van der Waals surface area contributed by atoms with E-state index < -0.39 is 0 Å². The number of hydrogen-bond donors (Lipinski definition) is 1. The van der Waals surface area contributed by atoms with Gasteiger partial charge in [-0.1, -0.05) is 44.7 Å². The van der Waals surface area contributed by atoms with Gasteiger partial charge in [0.15, 0.2) is 0 Å². The summed E-state index contributed by atoms with van der Waals surface area (Å²) in [7, 11) is 2.00. The molecule has 0 saturated heterocycles. The van der Waals surface area contributed by atoms with E-state index in [0.717, 1.165) is 35.4 Å². The Morgan fingerprint density at radius 3 is 2.71 bits per heavy atom. The molecular formula is C23H32N4O. The number of rotatable bonds is 10. The SMILES string of the molecule is C=CC(=O)Nc1cccc(/C(=C/CC)C(C)=NC=NC(C)N(C)/C=C\CC)c1. The predicted octanol–water partition coefficient (Wildman–Crippen LogP) is 5.30. The molecule has 1 atom stereocenters. The lowest BCUT2D eigenvalue weighted by Crippen LogP contribution is -2.21. The summed E-state index contributed by atoms with van der Waals surface area (Å²) >= 11 is 0. The van der Waals surface area contributed by atoms with Crippen molar-refractivity contribution in [2.75, 3.05) is 12.4 Å². The maximum atomic E-state index is 11.6. The van der Waals surface area contributed by atoms with Gasteiger partial charge in [-0.05, 0) is 62.2 Å². The highest BCUT2D eigenvalue weighted by atomic mass is 16.1. The smallest absolute Gasteiger partial charge is 0.247 e. The van der Waals surface area contributed by atoms with E-state index in [-0.39, 0.29) is 12.1 Å². The molecule has 0 aromatic heterocycles. The second kappa shape index (κ2) is 12.4. The minimum Gasteiger partial charge on any atom is -0.360 e. The summed E-state index contributed by atoms with van der Waals surface area (Å²) in [6.07, 6.45) is 11.0. The third-order valence-electron chi connectivity index (χ3n) is 4.12. The Bertz CT molecular complexity index is 775. The fraction of sp³-hybridized carbons (Fsp3) is 0.348. The van der Waals surface area contributed by atoms with Crippen molar-refractivity contribution in [3.8, 4) is 0 Å². The van der Waals surface area contributed by atoms with Crippen LogP contribution >= 0.6 is 0 Å². The third-order valence-corrected chi connectivity index (χ3v) is 4.12. The zero-order valence-corrected chi connectivity index (χ0v) is 17.6. The summed E-state index contributed by atoms with van der Waals surface area (Å²) in [6.45, 7) is 11.7. The molecule has 1 aromatic carbocycles. The maximum absolute atomic E-state index is 11.6. The summed E-state index contributed by atoms with van der Waals surface area (Å²) in [5.74, 6) is -0.231. The van der Waals surface area contributed by atoms with Crippen LogP contribution in [0.1, 0.15) is 46.1 Å². The van der Waals surface area contributed by atoms with E-state index in [0.29, 0.717) is 0 Å². The van der Waals surface area contributed by atoms with Gasteiger partial charge in [0.1, 0.15) is 12.5 Å². The molecule has 28 heavy (non-hydrogen) atoms. The van der Waals surface area contributed by atoms with Crippen molar-refractivity contribution >= 4 is 29.2 Å². The van der Waals surface area contributed by atoms with E-state index in [2.05, 4.69) is 47.9 Å². The summed E-state index contributed by atoms with van der Waals surface area (Å²) in [4.78, 5) is 22.6. The average molecular weight is 381 g/mol. The number of allylic oxidation sites excluding steroid dienone is 3.